The summed E-state index contributed by atoms with van der Waals surface area (Å²) in [6.45, 7) is 2.26. The molecule has 3 rings (SSSR count). The van der Waals surface area contributed by atoms with Crippen LogP contribution in [0.15, 0.2) is 18.2 Å². The van der Waals surface area contributed by atoms with Crippen LogP contribution < -0.4 is 10.9 Å². The largest absolute Gasteiger partial charge is 0.358 e. The summed E-state index contributed by atoms with van der Waals surface area (Å²) in [6.07, 6.45) is 3.69. The number of para-hydroxylation sites is 1. The lowest BCUT2D eigenvalue weighted by atomic mass is 9.87. The molecule has 104 valence electrons. The Morgan fingerprint density at radius 1 is 1.45 bits per heavy atom. The third kappa shape index (κ3) is 2.05. The van der Waals surface area contributed by atoms with Crippen molar-refractivity contribution < 1.29 is 9.59 Å². The molecule has 1 aromatic carbocycles. The average molecular weight is 271 g/mol. The van der Waals surface area contributed by atoms with E-state index >= 15 is 0 Å². The van der Waals surface area contributed by atoms with Crippen LogP contribution in [0.3, 0.4) is 0 Å². The van der Waals surface area contributed by atoms with Gasteiger partial charge in [-0.25, -0.2) is 0 Å². The van der Waals surface area contributed by atoms with Crippen molar-refractivity contribution in [1.29, 1.82) is 0 Å². The first-order valence-electron chi connectivity index (χ1n) is 6.82. The molecule has 20 heavy (non-hydrogen) atoms. The summed E-state index contributed by atoms with van der Waals surface area (Å²) in [6, 6.07) is 5.69. The normalized spacial score (nSPS) is 17.6. The SMILES string of the molecule is C[C@@H]1CCc2[nH]c3c(C(=O)NNC=O)cccc3c2C1. The number of aromatic amines is 1. The van der Waals surface area contributed by atoms with E-state index in [9.17, 15) is 9.59 Å². The third-order valence-corrected chi connectivity index (χ3v) is 3.96. The van der Waals surface area contributed by atoms with E-state index in [0.29, 0.717) is 17.9 Å². The molecule has 0 aliphatic heterocycles. The van der Waals surface area contributed by atoms with Crippen LogP contribution in [0.5, 0.6) is 0 Å². The molecule has 0 spiro atoms. The van der Waals surface area contributed by atoms with Crippen LogP contribution in [0.25, 0.3) is 10.9 Å². The molecule has 5 heteroatoms. The van der Waals surface area contributed by atoms with E-state index in [1.807, 2.05) is 12.1 Å². The van der Waals surface area contributed by atoms with Gasteiger partial charge in [-0.3, -0.25) is 20.4 Å². The van der Waals surface area contributed by atoms with Crippen molar-refractivity contribution in [1.82, 2.24) is 15.8 Å². The molecule has 1 atom stereocenters. The molecule has 1 aliphatic carbocycles. The fourth-order valence-electron chi connectivity index (χ4n) is 2.97. The molecule has 2 aromatic rings. The maximum absolute atomic E-state index is 12.0. The Bertz CT molecular complexity index is 675. The van der Waals surface area contributed by atoms with Gasteiger partial charge < -0.3 is 4.98 Å². The van der Waals surface area contributed by atoms with Crippen LogP contribution in [0, 0.1) is 5.92 Å². The Morgan fingerprint density at radius 2 is 2.30 bits per heavy atom. The van der Waals surface area contributed by atoms with Gasteiger partial charge in [-0.2, -0.15) is 0 Å². The van der Waals surface area contributed by atoms with E-state index in [-0.39, 0.29) is 5.91 Å². The molecular weight excluding hydrogens is 254 g/mol. The number of H-pyrrole nitrogens is 1. The molecule has 0 unspecified atom stereocenters. The standard InChI is InChI=1S/C15H17N3O2/c1-9-5-6-13-12(7-9)10-3-2-4-11(14(10)17-13)15(20)18-16-8-19/h2-4,8-9,17H,5-7H2,1H3,(H,16,19)(H,18,20)/t9-/m1/s1. The molecule has 1 aromatic heterocycles. The van der Waals surface area contributed by atoms with Crippen molar-refractivity contribution >= 4 is 23.2 Å². The number of carbonyl (C=O) groups is 2. The molecule has 3 N–H and O–H groups in total. The van der Waals surface area contributed by atoms with Crippen LogP contribution >= 0.6 is 0 Å². The number of hydrogen-bond donors (Lipinski definition) is 3. The lowest BCUT2D eigenvalue weighted by Gasteiger charge is -2.17. The summed E-state index contributed by atoms with van der Waals surface area (Å²) in [4.78, 5) is 25.7. The van der Waals surface area contributed by atoms with Gasteiger partial charge in [0.1, 0.15) is 0 Å². The zero-order valence-electron chi connectivity index (χ0n) is 11.3. The zero-order valence-corrected chi connectivity index (χ0v) is 11.3. The van der Waals surface area contributed by atoms with Gasteiger partial charge in [-0.1, -0.05) is 19.1 Å². The molecule has 1 heterocycles. The van der Waals surface area contributed by atoms with E-state index in [1.54, 1.807) is 6.07 Å². The van der Waals surface area contributed by atoms with Crippen LogP contribution in [0.1, 0.15) is 35.0 Å². The second-order valence-corrected chi connectivity index (χ2v) is 5.37. The van der Waals surface area contributed by atoms with Gasteiger partial charge in [0.2, 0.25) is 6.41 Å². The number of fused-ring (bicyclic) bond motifs is 3. The highest BCUT2D eigenvalue weighted by Crippen LogP contribution is 2.32. The summed E-state index contributed by atoms with van der Waals surface area (Å²) in [5, 5.41) is 1.12. The van der Waals surface area contributed by atoms with E-state index in [1.165, 1.54) is 17.7 Å². The van der Waals surface area contributed by atoms with Crippen molar-refractivity contribution in [2.75, 3.05) is 0 Å². The Hall–Kier alpha value is -2.30. The summed E-state index contributed by atoms with van der Waals surface area (Å²) >= 11 is 0. The van der Waals surface area contributed by atoms with Crippen molar-refractivity contribution in [3.63, 3.8) is 0 Å². The van der Waals surface area contributed by atoms with Crippen LogP contribution in [-0.2, 0) is 17.6 Å². The molecule has 2 amide bonds. The number of hydrazine groups is 1. The van der Waals surface area contributed by atoms with Gasteiger partial charge in [0.05, 0.1) is 11.1 Å². The van der Waals surface area contributed by atoms with Crippen LogP contribution in [0.2, 0.25) is 0 Å². The number of carbonyl (C=O) groups excluding carboxylic acids is 2. The second kappa shape index (κ2) is 5.00. The fourth-order valence-corrected chi connectivity index (χ4v) is 2.97. The maximum atomic E-state index is 12.0. The van der Waals surface area contributed by atoms with Gasteiger partial charge in [-0.05, 0) is 36.8 Å². The number of aromatic nitrogens is 1. The Balaban J connectivity index is 2.07. The van der Waals surface area contributed by atoms with Gasteiger partial charge >= 0.3 is 0 Å². The van der Waals surface area contributed by atoms with E-state index < -0.39 is 0 Å². The molecule has 5 nitrogen and oxygen atoms in total. The Kier molecular flexibility index (Phi) is 3.18. The summed E-state index contributed by atoms with van der Waals surface area (Å²) in [5.41, 5.74) is 8.52. The predicted octanol–water partition coefficient (Wildman–Crippen LogP) is 1.68. The smallest absolute Gasteiger partial charge is 0.271 e. The van der Waals surface area contributed by atoms with Crippen molar-refractivity contribution in [3.8, 4) is 0 Å². The van der Waals surface area contributed by atoms with Crippen LogP contribution in [0.4, 0.5) is 0 Å². The summed E-state index contributed by atoms with van der Waals surface area (Å²) < 4.78 is 0. The quantitative estimate of drug-likeness (QED) is 0.587. The average Bonchev–Trinajstić information content (AvgIpc) is 2.82. The number of rotatable bonds is 3. The molecule has 0 fully saturated rings. The topological polar surface area (TPSA) is 74.0 Å². The number of hydrogen-bond acceptors (Lipinski definition) is 2. The third-order valence-electron chi connectivity index (χ3n) is 3.96. The molecule has 0 bridgehead atoms. The highest BCUT2D eigenvalue weighted by molar-refractivity contribution is 6.06. The summed E-state index contributed by atoms with van der Waals surface area (Å²) in [7, 11) is 0. The highest BCUT2D eigenvalue weighted by Gasteiger charge is 2.22. The summed E-state index contributed by atoms with van der Waals surface area (Å²) in [5.74, 6) is 0.366. The first kappa shape index (κ1) is 12.7. The van der Waals surface area contributed by atoms with Gasteiger partial charge in [0.25, 0.3) is 5.91 Å². The Labute approximate surface area is 116 Å². The number of nitrogens with one attached hydrogen (secondary N) is 3. The number of aryl methyl sites for hydroxylation is 1. The van der Waals surface area contributed by atoms with E-state index in [4.69, 9.17) is 0 Å². The van der Waals surface area contributed by atoms with Gasteiger partial charge in [0.15, 0.2) is 0 Å². The minimum absolute atomic E-state index is 0.311. The van der Waals surface area contributed by atoms with E-state index in [2.05, 4.69) is 22.8 Å². The zero-order chi connectivity index (χ0) is 14.1. The molecular formula is C15H17N3O2. The van der Waals surface area contributed by atoms with Gasteiger partial charge in [0, 0.05) is 11.1 Å². The minimum atomic E-state index is -0.311. The van der Waals surface area contributed by atoms with Crippen molar-refractivity contribution in [3.05, 3.63) is 35.0 Å². The second-order valence-electron chi connectivity index (χ2n) is 5.37. The van der Waals surface area contributed by atoms with E-state index in [0.717, 1.165) is 23.7 Å². The molecule has 1 aliphatic rings. The van der Waals surface area contributed by atoms with Crippen molar-refractivity contribution in [2.24, 2.45) is 5.92 Å². The monoisotopic (exact) mass is 271 g/mol. The molecule has 0 saturated heterocycles. The van der Waals surface area contributed by atoms with Gasteiger partial charge in [-0.15, -0.1) is 0 Å². The lowest BCUT2D eigenvalue weighted by molar-refractivity contribution is -0.110. The number of amides is 2. The van der Waals surface area contributed by atoms with Crippen LogP contribution in [-0.4, -0.2) is 17.3 Å². The highest BCUT2D eigenvalue weighted by atomic mass is 16.2. The first-order chi connectivity index (χ1) is 9.70. The maximum Gasteiger partial charge on any atom is 0.271 e. The van der Waals surface area contributed by atoms with Crippen molar-refractivity contribution in [2.45, 2.75) is 26.2 Å². The molecule has 0 radical (unpaired) electrons. The Morgan fingerprint density at radius 3 is 3.10 bits per heavy atom. The minimum Gasteiger partial charge on any atom is -0.358 e. The lowest BCUT2D eigenvalue weighted by Crippen LogP contribution is -2.36. The number of benzene rings is 1. The predicted molar refractivity (Wildman–Crippen MR) is 76.2 cm³/mol. The molecule has 0 saturated carbocycles. The fraction of sp³-hybridized carbons (Fsp3) is 0.333. The first-order valence-corrected chi connectivity index (χ1v) is 6.82.